The Kier molecular flexibility index (Phi) is 13.7. The molecule has 19 rings (SSSR count). The zero-order valence-electron chi connectivity index (χ0n) is 71.3. The second-order valence-corrected chi connectivity index (χ2v) is 37.8. The van der Waals surface area contributed by atoms with Crippen LogP contribution in [0.4, 0.5) is 51.2 Å². The Balaban J connectivity index is 0.937. The van der Waals surface area contributed by atoms with E-state index in [0.717, 1.165) is 101 Å². The van der Waals surface area contributed by atoms with Crippen LogP contribution in [-0.2, 0) is 37.9 Å². The Labute approximate surface area is 654 Å². The molecule has 0 saturated carbocycles. The van der Waals surface area contributed by atoms with E-state index in [0.29, 0.717) is 5.56 Å². The Morgan fingerprint density at radius 1 is 0.284 bits per heavy atom. The molecule has 2 aliphatic carbocycles. The summed E-state index contributed by atoms with van der Waals surface area (Å²) in [5, 5.41) is 0. The predicted molar refractivity (Wildman–Crippen MR) is 466 cm³/mol. The van der Waals surface area contributed by atoms with Crippen LogP contribution >= 0.6 is 0 Å². The molecular weight excluding hydrogens is 1320 g/mol. The fourth-order valence-corrected chi connectivity index (χ4v) is 18.9. The molecule has 536 valence electrons. The highest BCUT2D eigenvalue weighted by molar-refractivity contribution is 7.02. The van der Waals surface area contributed by atoms with E-state index in [1.54, 1.807) is 0 Å². The first-order valence-corrected chi connectivity index (χ1v) is 39.2. The normalized spacial score (nSPS) is 15.4. The van der Waals surface area contributed by atoms with Crippen LogP contribution in [0.5, 0.6) is 11.5 Å². The zero-order valence-corrected chi connectivity index (χ0v) is 66.3. The molecule has 13 aromatic carbocycles. The van der Waals surface area contributed by atoms with Crippen molar-refractivity contribution >= 4 is 97.4 Å². The largest absolute Gasteiger partial charge is 0.458 e. The number of fused-ring (bicyclic) bond motifs is 18. The van der Waals surface area contributed by atoms with E-state index in [9.17, 15) is 5.48 Å². The van der Waals surface area contributed by atoms with Gasteiger partial charge in [0.1, 0.15) is 11.5 Å². The third-order valence-electron chi connectivity index (χ3n) is 24.6. The van der Waals surface area contributed by atoms with Crippen molar-refractivity contribution in [1.82, 2.24) is 0 Å². The Bertz CT molecular complexity index is 6160. The minimum atomic E-state index is -0.646. The lowest BCUT2D eigenvalue weighted by Crippen LogP contribution is -2.64. The van der Waals surface area contributed by atoms with Gasteiger partial charge < -0.3 is 19.4 Å². The van der Waals surface area contributed by atoms with Gasteiger partial charge in [-0.25, -0.2) is 0 Å². The van der Waals surface area contributed by atoms with E-state index in [2.05, 4.69) is 370 Å². The molecule has 0 saturated heterocycles. The monoisotopic (exact) mass is 1420 g/mol. The van der Waals surface area contributed by atoms with E-state index in [-0.39, 0.29) is 68.9 Å². The van der Waals surface area contributed by atoms with E-state index in [4.69, 9.17) is 6.11 Å². The molecule has 0 amide bonds. The SMILES string of the molecule is [2H]c1c([2H])c([2H])c(-c2cc3c4c(c2)N(c2cc(C(C)(C)C)cc(C(C)(C)C)c2)c2cc5c(cc2B4c2ccccc2N3c2cc(C(C)(C)C)cc(C(C)(C)C)c2)B2c3ccccc3N(c3cc(C(C)(C)C)cc(C(C)(C)C)c3)c3cc(-c4cccc6c4C4(c7ccccc7-c7ccccc74)c4ccccc4-6)cc(c32)O5)c([2H])c1[2H]. The summed E-state index contributed by atoms with van der Waals surface area (Å²) >= 11 is 0. The molecule has 0 N–H and O–H groups in total. The third kappa shape index (κ3) is 10.5. The molecule has 0 fully saturated rings. The van der Waals surface area contributed by atoms with Crippen LogP contribution in [0.25, 0.3) is 44.5 Å². The molecule has 0 unspecified atom stereocenters. The van der Waals surface area contributed by atoms with Crippen molar-refractivity contribution in [2.45, 2.75) is 163 Å². The van der Waals surface area contributed by atoms with Gasteiger partial charge in [-0.2, -0.15) is 0 Å². The van der Waals surface area contributed by atoms with Crippen LogP contribution in [0.2, 0.25) is 0 Å². The first-order valence-electron chi connectivity index (χ1n) is 41.7. The van der Waals surface area contributed by atoms with E-state index < -0.39 is 18.2 Å². The molecule has 4 nitrogen and oxygen atoms in total. The number of anilines is 9. The second kappa shape index (κ2) is 23.6. The van der Waals surface area contributed by atoms with Crippen molar-refractivity contribution < 1.29 is 11.6 Å². The molecular formula is C103H97B2N3O. The molecule has 1 spiro atoms. The molecule has 0 atom stereocenters. The van der Waals surface area contributed by atoms with Crippen molar-refractivity contribution in [3.63, 3.8) is 0 Å². The summed E-state index contributed by atoms with van der Waals surface area (Å²) in [5.74, 6) is 1.52. The molecule has 13 aromatic rings. The predicted octanol–water partition coefficient (Wildman–Crippen LogP) is 23.6. The highest BCUT2D eigenvalue weighted by Gasteiger charge is 2.54. The quantitative estimate of drug-likeness (QED) is 0.160. The maximum atomic E-state index is 9.86. The molecule has 4 aliphatic heterocycles. The fraction of sp³-hybridized carbons (Fsp3) is 0.243. The van der Waals surface area contributed by atoms with Gasteiger partial charge in [-0.05, 0) is 238 Å². The lowest BCUT2D eigenvalue weighted by molar-refractivity contribution is 0.488. The summed E-state index contributed by atoms with van der Waals surface area (Å²) in [6.07, 6.45) is 0. The summed E-state index contributed by atoms with van der Waals surface area (Å²) in [4.78, 5) is 7.43. The molecule has 6 heteroatoms. The maximum absolute atomic E-state index is 9.86. The number of nitrogens with zero attached hydrogens (tertiary/aromatic N) is 3. The van der Waals surface area contributed by atoms with Crippen LogP contribution in [-0.4, -0.2) is 13.4 Å². The summed E-state index contributed by atoms with van der Waals surface area (Å²) in [5.41, 5.74) is 33.4. The van der Waals surface area contributed by atoms with Gasteiger partial charge in [0.05, 0.1) is 12.3 Å². The first kappa shape index (κ1) is 63.2. The van der Waals surface area contributed by atoms with Gasteiger partial charge in [0.2, 0.25) is 0 Å². The van der Waals surface area contributed by atoms with Gasteiger partial charge >= 0.3 is 0 Å². The zero-order chi connectivity index (χ0) is 80.1. The average molecular weight is 1420 g/mol. The molecule has 0 aromatic heterocycles. The number of ether oxygens (including phenoxy) is 1. The van der Waals surface area contributed by atoms with Gasteiger partial charge in [0.15, 0.2) is 0 Å². The minimum absolute atomic E-state index is 0.140. The fourth-order valence-electron chi connectivity index (χ4n) is 18.9. The van der Waals surface area contributed by atoms with Crippen LogP contribution in [0.15, 0.2) is 261 Å². The summed E-state index contributed by atoms with van der Waals surface area (Å²) in [7, 11) is 0. The number of rotatable bonds is 5. The summed E-state index contributed by atoms with van der Waals surface area (Å²) in [6, 6.07) is 86.0. The van der Waals surface area contributed by atoms with Gasteiger partial charge in [0.25, 0.3) is 13.4 Å². The number of hydrogen-bond donors (Lipinski definition) is 0. The van der Waals surface area contributed by atoms with Crippen LogP contribution in [0, 0.1) is 0 Å². The summed E-state index contributed by atoms with van der Waals surface area (Å²) in [6.45, 7) is 40.7. The third-order valence-corrected chi connectivity index (χ3v) is 24.6. The molecule has 0 radical (unpaired) electrons. The molecule has 6 aliphatic rings. The van der Waals surface area contributed by atoms with Gasteiger partial charge in [-0.3, -0.25) is 0 Å². The van der Waals surface area contributed by atoms with Gasteiger partial charge in [-0.1, -0.05) is 306 Å². The van der Waals surface area contributed by atoms with Crippen molar-refractivity contribution in [1.29, 1.82) is 0 Å². The Hall–Kier alpha value is -10.8. The minimum Gasteiger partial charge on any atom is -0.458 e. The lowest BCUT2D eigenvalue weighted by Gasteiger charge is -2.46. The van der Waals surface area contributed by atoms with E-state index >= 15 is 0 Å². The van der Waals surface area contributed by atoms with E-state index in [1.165, 1.54) is 83.4 Å². The van der Waals surface area contributed by atoms with Gasteiger partial charge in [-0.15, -0.1) is 0 Å². The van der Waals surface area contributed by atoms with Crippen molar-refractivity contribution in [3.8, 4) is 56.0 Å². The first-order chi connectivity index (χ1) is 53.9. The Morgan fingerprint density at radius 3 is 1.10 bits per heavy atom. The number of benzene rings is 13. The van der Waals surface area contributed by atoms with Crippen molar-refractivity contribution in [3.05, 3.63) is 316 Å². The lowest BCUT2D eigenvalue weighted by atomic mass is 9.30. The number of para-hydroxylation sites is 2. The summed E-state index contributed by atoms with van der Waals surface area (Å²) < 4.78 is 55.5. The van der Waals surface area contributed by atoms with Crippen LogP contribution < -0.4 is 52.2 Å². The van der Waals surface area contributed by atoms with Crippen LogP contribution in [0.1, 0.15) is 187 Å². The number of hydrogen-bond acceptors (Lipinski definition) is 4. The standard InChI is InChI=1S/C103H97B2N3O/c1-97(2,3)65-51-66(98(4,5)6)55-71(54-65)106-86-45-30-28-43-82(86)104-84-60-85-92(61-88(84)108(73-58-69(101(13,14)15)53-70(59-73)102(16,17)18)90-48-63(47-89(106)95(90)104)62-33-20-19-21-34-62)109-93-50-64(49-91-96(93)105(85)83-44-29-31-46-87(83)107(91)72-56-67(99(7,8)9)52-68(57-72)100(10,11)12)74-38-32-39-78-77-37-24-27-42-81(77)103(94(74)78)79-40-25-22-35-75(79)76-36-23-26-41-80(76)103/h19-61H,1-18H3/i19D,20D,21D,33D,34D. The molecule has 0 bridgehead atoms. The topological polar surface area (TPSA) is 19.0 Å². The van der Waals surface area contributed by atoms with E-state index in [1.807, 2.05) is 0 Å². The average Bonchev–Trinajstić information content (AvgIpc) is 0.888. The Morgan fingerprint density at radius 2 is 0.651 bits per heavy atom. The highest BCUT2D eigenvalue weighted by atomic mass is 16.5. The van der Waals surface area contributed by atoms with Crippen molar-refractivity contribution in [2.75, 3.05) is 14.7 Å². The second-order valence-electron chi connectivity index (χ2n) is 37.8. The molecule has 109 heavy (non-hydrogen) atoms. The maximum Gasteiger partial charge on any atom is 0.256 e. The van der Waals surface area contributed by atoms with Crippen molar-refractivity contribution in [2.24, 2.45) is 0 Å². The molecule has 4 heterocycles. The highest BCUT2D eigenvalue weighted by Crippen LogP contribution is 2.65. The van der Waals surface area contributed by atoms with Crippen LogP contribution in [0.3, 0.4) is 0 Å². The van der Waals surface area contributed by atoms with Gasteiger partial charge in [0, 0.05) is 57.3 Å². The smallest absolute Gasteiger partial charge is 0.256 e.